The van der Waals surface area contributed by atoms with Gasteiger partial charge in [-0.05, 0) is 11.1 Å². The van der Waals surface area contributed by atoms with Gasteiger partial charge >= 0.3 is 7.60 Å². The first-order valence-electron chi connectivity index (χ1n) is 5.93. The molecule has 0 radical (unpaired) electrons. The second-order valence-electron chi connectivity index (χ2n) is 4.47. The average molecular weight is 440 g/mol. The Hall–Kier alpha value is -0.590. The lowest BCUT2D eigenvalue weighted by Crippen LogP contribution is -3.00. The molecule has 0 aliphatic heterocycles. The molecule has 2 heterocycles. The minimum atomic E-state index is -3.93. The van der Waals surface area contributed by atoms with E-state index in [1.54, 1.807) is 4.57 Å². The van der Waals surface area contributed by atoms with Gasteiger partial charge in [-0.3, -0.25) is 4.57 Å². The van der Waals surface area contributed by atoms with Gasteiger partial charge in [-0.15, -0.1) is 0 Å². The Morgan fingerprint density at radius 3 is 1.81 bits per heavy atom. The van der Waals surface area contributed by atoms with Crippen LogP contribution in [0.5, 0.6) is 0 Å². The van der Waals surface area contributed by atoms with Crippen molar-refractivity contribution in [1.29, 1.82) is 0 Å². The Labute approximate surface area is 145 Å². The lowest BCUT2D eigenvalue weighted by atomic mass is 10.1. The zero-order chi connectivity index (χ0) is 13.9. The maximum Gasteiger partial charge on any atom is 0.331 e. The molecule has 0 spiro atoms. The minimum absolute atomic E-state index is 0. The first kappa shape index (κ1) is 20.4. The van der Waals surface area contributed by atoms with Crippen LogP contribution in [0.15, 0.2) is 49.1 Å². The fourth-order valence-corrected chi connectivity index (χ4v) is 2.23. The third kappa shape index (κ3) is 6.80. The van der Waals surface area contributed by atoms with E-state index < -0.39 is 7.60 Å². The molecule has 8 heteroatoms. The Morgan fingerprint density at radius 1 is 0.952 bits per heavy atom. The molecule has 0 aliphatic carbocycles. The van der Waals surface area contributed by atoms with Crippen LogP contribution in [-0.2, 0) is 18.2 Å². The fourth-order valence-electron chi connectivity index (χ4n) is 1.74. The Bertz CT molecular complexity index is 600. The van der Waals surface area contributed by atoms with Gasteiger partial charge in [0.15, 0.2) is 31.3 Å². The first-order valence-corrected chi connectivity index (χ1v) is 7.73. The maximum absolute atomic E-state index is 10.8. The monoisotopic (exact) mass is 438 g/mol. The van der Waals surface area contributed by atoms with Crippen molar-refractivity contribution in [3.63, 3.8) is 0 Å². The van der Waals surface area contributed by atoms with Crippen LogP contribution in [0.2, 0.25) is 0 Å². The summed E-state index contributed by atoms with van der Waals surface area (Å²) in [5, 5.41) is 0. The Balaban J connectivity index is 0.00000200. The van der Waals surface area contributed by atoms with Crippen LogP contribution in [-0.4, -0.2) is 15.9 Å². The molecule has 21 heavy (non-hydrogen) atoms. The molecule has 0 aliphatic rings. The normalized spacial score (nSPS) is 10.4. The second kappa shape index (κ2) is 8.76. The Morgan fingerprint density at radius 2 is 1.38 bits per heavy atom. The number of aryl methyl sites for hydroxylation is 2. The summed E-state index contributed by atoms with van der Waals surface area (Å²) in [6, 6.07) is 7.93. The van der Waals surface area contributed by atoms with Gasteiger partial charge in [0.2, 0.25) is 0 Å². The first-order chi connectivity index (χ1) is 8.94. The number of aromatic nitrogens is 2. The summed E-state index contributed by atoms with van der Waals surface area (Å²) in [5.74, 6) is 0. The van der Waals surface area contributed by atoms with Crippen LogP contribution in [0.4, 0.5) is 0 Å². The predicted octanol–water partition coefficient (Wildman–Crippen LogP) is -5.35. The largest absolute Gasteiger partial charge is 1.00 e. The fraction of sp³-hybridized carbons (Fsp3) is 0.231. The molecule has 116 valence electrons. The molecule has 2 aromatic heterocycles. The van der Waals surface area contributed by atoms with Crippen molar-refractivity contribution in [2.75, 3.05) is 6.16 Å². The molecule has 0 aromatic carbocycles. The van der Waals surface area contributed by atoms with E-state index in [1.807, 2.05) is 60.7 Å². The molecule has 2 aromatic rings. The van der Waals surface area contributed by atoms with E-state index in [0.717, 1.165) is 11.1 Å². The quantitative estimate of drug-likeness (QED) is 0.369. The molecule has 0 saturated heterocycles. The van der Waals surface area contributed by atoms with Gasteiger partial charge in [0, 0.05) is 24.3 Å². The summed E-state index contributed by atoms with van der Waals surface area (Å²) in [6.07, 6.45) is 7.47. The minimum Gasteiger partial charge on any atom is -1.00 e. The number of hydrogen-bond donors (Lipinski definition) is 2. The zero-order valence-electron chi connectivity index (χ0n) is 11.4. The van der Waals surface area contributed by atoms with E-state index >= 15 is 0 Å². The second-order valence-corrected chi connectivity index (χ2v) is 6.24. The maximum atomic E-state index is 10.8. The highest BCUT2D eigenvalue weighted by atomic mass is 79.9. The van der Waals surface area contributed by atoms with Crippen molar-refractivity contribution in [1.82, 2.24) is 0 Å². The molecular weight excluding hydrogens is 423 g/mol. The van der Waals surface area contributed by atoms with Crippen LogP contribution < -0.4 is 43.1 Å². The highest BCUT2D eigenvalue weighted by Crippen LogP contribution is 2.33. The van der Waals surface area contributed by atoms with E-state index in [4.69, 9.17) is 9.79 Å². The van der Waals surface area contributed by atoms with Crippen LogP contribution >= 0.6 is 7.60 Å². The highest BCUT2D eigenvalue weighted by molar-refractivity contribution is 7.51. The molecule has 2 rings (SSSR count). The van der Waals surface area contributed by atoms with Crippen molar-refractivity contribution >= 4 is 7.60 Å². The van der Waals surface area contributed by atoms with E-state index in [2.05, 4.69) is 0 Å². The number of hydrogen-bond acceptors (Lipinski definition) is 1. The van der Waals surface area contributed by atoms with Crippen LogP contribution in [0.3, 0.4) is 0 Å². The molecule has 0 atom stereocenters. The molecule has 0 unspecified atom stereocenters. The third-order valence-corrected chi connectivity index (χ3v) is 3.63. The summed E-state index contributed by atoms with van der Waals surface area (Å²) in [4.78, 5) is 17.7. The lowest BCUT2D eigenvalue weighted by Gasteiger charge is -2.02. The van der Waals surface area contributed by atoms with Gasteiger partial charge in [0.05, 0.1) is 0 Å². The molecule has 2 N–H and O–H groups in total. The van der Waals surface area contributed by atoms with Gasteiger partial charge in [-0.2, -0.15) is 0 Å². The van der Waals surface area contributed by atoms with Crippen molar-refractivity contribution in [2.45, 2.75) is 6.54 Å². The summed E-state index contributed by atoms with van der Waals surface area (Å²) in [7, 11) is -1.97. The average Bonchev–Trinajstić information content (AvgIpc) is 2.37. The number of rotatable bonds is 4. The predicted molar refractivity (Wildman–Crippen MR) is 70.2 cm³/mol. The zero-order valence-corrected chi connectivity index (χ0v) is 15.5. The molecule has 0 saturated carbocycles. The van der Waals surface area contributed by atoms with E-state index in [9.17, 15) is 4.57 Å². The van der Waals surface area contributed by atoms with Gasteiger partial charge in [0.1, 0.15) is 13.2 Å². The molecule has 0 amide bonds. The Kier molecular flexibility index (Phi) is 8.51. The standard InChI is InChI=1S/C13H15N2O3P.2BrH/c1-14-6-2-12(3-7-14)13-4-8-15(9-5-13)10-11-19(16,17)18;;/h2-9H,10-11H2,1H3;2*1H. The van der Waals surface area contributed by atoms with Gasteiger partial charge in [-0.1, -0.05) is 0 Å². The number of nitrogens with zero attached hydrogens (tertiary/aromatic N) is 2. The highest BCUT2D eigenvalue weighted by Gasteiger charge is 2.15. The van der Waals surface area contributed by atoms with Crippen molar-refractivity contribution in [3.8, 4) is 11.1 Å². The third-order valence-electron chi connectivity index (χ3n) is 2.85. The van der Waals surface area contributed by atoms with Gasteiger partial charge in [-0.25, -0.2) is 9.13 Å². The summed E-state index contributed by atoms with van der Waals surface area (Å²) in [6.45, 7) is 0.314. The summed E-state index contributed by atoms with van der Waals surface area (Å²) in [5.41, 5.74) is 2.19. The van der Waals surface area contributed by atoms with Crippen molar-refractivity contribution in [3.05, 3.63) is 49.1 Å². The van der Waals surface area contributed by atoms with Crippen LogP contribution in [0.25, 0.3) is 11.1 Å². The van der Waals surface area contributed by atoms with Crippen LogP contribution in [0.1, 0.15) is 0 Å². The molecule has 5 nitrogen and oxygen atoms in total. The topological polar surface area (TPSA) is 65.3 Å². The molecule has 0 fully saturated rings. The lowest BCUT2D eigenvalue weighted by molar-refractivity contribution is -0.692. The van der Waals surface area contributed by atoms with Gasteiger partial charge in [0.25, 0.3) is 0 Å². The smallest absolute Gasteiger partial charge is 0.331 e. The van der Waals surface area contributed by atoms with Gasteiger partial charge < -0.3 is 43.7 Å². The number of halogens is 2. The molecule has 0 bridgehead atoms. The van der Waals surface area contributed by atoms with Crippen molar-refractivity contribution < 1.29 is 57.4 Å². The molecular formula is C13H17Br2N2O3P. The number of pyridine rings is 2. The summed E-state index contributed by atoms with van der Waals surface area (Å²) < 4.78 is 14.5. The van der Waals surface area contributed by atoms with E-state index in [1.165, 1.54) is 0 Å². The van der Waals surface area contributed by atoms with E-state index in [0.29, 0.717) is 6.54 Å². The van der Waals surface area contributed by atoms with Crippen LogP contribution in [0, 0.1) is 0 Å². The SMILES string of the molecule is C[n+]1ccc(-c2cc[n+](CCP(=O)(O)O)cc2)cc1.[Br-].[Br-]. The summed E-state index contributed by atoms with van der Waals surface area (Å²) >= 11 is 0. The van der Waals surface area contributed by atoms with Crippen molar-refractivity contribution in [2.24, 2.45) is 7.05 Å². The van der Waals surface area contributed by atoms with E-state index in [-0.39, 0.29) is 40.1 Å².